The summed E-state index contributed by atoms with van der Waals surface area (Å²) in [5.74, 6) is -0.631. The molecule has 0 spiro atoms. The van der Waals surface area contributed by atoms with Crippen molar-refractivity contribution in [1.29, 1.82) is 0 Å². The van der Waals surface area contributed by atoms with Gasteiger partial charge in [0.25, 0.3) is 11.6 Å². The molecule has 8 nitrogen and oxygen atoms in total. The molecule has 0 aliphatic heterocycles. The van der Waals surface area contributed by atoms with Crippen LogP contribution in [0.5, 0.6) is 0 Å². The lowest BCUT2D eigenvalue weighted by Crippen LogP contribution is -2.19. The van der Waals surface area contributed by atoms with Crippen LogP contribution in [0.3, 0.4) is 0 Å². The average molecular weight is 340 g/mol. The third kappa shape index (κ3) is 4.96. The molecule has 0 saturated heterocycles. The fourth-order valence-corrected chi connectivity index (χ4v) is 2.02. The van der Waals surface area contributed by atoms with Crippen LogP contribution in [-0.2, 0) is 4.79 Å². The summed E-state index contributed by atoms with van der Waals surface area (Å²) >= 11 is 0. The lowest BCUT2D eigenvalue weighted by atomic mass is 10.1. The molecule has 25 heavy (non-hydrogen) atoms. The van der Waals surface area contributed by atoms with Crippen molar-refractivity contribution in [2.75, 3.05) is 5.32 Å². The van der Waals surface area contributed by atoms with E-state index in [0.29, 0.717) is 22.5 Å². The highest BCUT2D eigenvalue weighted by Gasteiger charge is 2.09. The van der Waals surface area contributed by atoms with Crippen LogP contribution in [0.1, 0.15) is 29.8 Å². The number of carbonyl (C=O) groups excluding carboxylic acids is 2. The second-order valence-corrected chi connectivity index (χ2v) is 5.20. The van der Waals surface area contributed by atoms with E-state index in [1.54, 1.807) is 43.3 Å². The Morgan fingerprint density at radius 3 is 2.32 bits per heavy atom. The fourth-order valence-electron chi connectivity index (χ4n) is 2.02. The number of carbonyl (C=O) groups is 2. The number of nitrogens with zero attached hydrogens (tertiary/aromatic N) is 2. The summed E-state index contributed by atoms with van der Waals surface area (Å²) in [5.41, 5.74) is 4.27. The highest BCUT2D eigenvalue weighted by molar-refractivity contribution is 6.01. The molecule has 0 unspecified atom stereocenters. The van der Waals surface area contributed by atoms with E-state index in [1.165, 1.54) is 19.1 Å². The Kier molecular flexibility index (Phi) is 5.57. The van der Waals surface area contributed by atoms with E-state index in [4.69, 9.17) is 0 Å². The van der Waals surface area contributed by atoms with Gasteiger partial charge in [0.1, 0.15) is 0 Å². The monoisotopic (exact) mass is 340 g/mol. The molecule has 0 bridgehead atoms. The van der Waals surface area contributed by atoms with Crippen LogP contribution < -0.4 is 10.7 Å². The summed E-state index contributed by atoms with van der Waals surface area (Å²) in [4.78, 5) is 33.3. The average Bonchev–Trinajstić information content (AvgIpc) is 2.59. The van der Waals surface area contributed by atoms with Gasteiger partial charge in [-0.05, 0) is 31.2 Å². The highest BCUT2D eigenvalue weighted by atomic mass is 16.6. The number of rotatable bonds is 5. The van der Waals surface area contributed by atoms with Gasteiger partial charge in [0.2, 0.25) is 5.91 Å². The molecule has 2 N–H and O–H groups in total. The summed E-state index contributed by atoms with van der Waals surface area (Å²) in [6.07, 6.45) is 0. The minimum Gasteiger partial charge on any atom is -0.326 e. The van der Waals surface area contributed by atoms with E-state index in [-0.39, 0.29) is 11.6 Å². The summed E-state index contributed by atoms with van der Waals surface area (Å²) in [6, 6.07) is 12.3. The molecule has 0 aromatic heterocycles. The number of hydrazone groups is 1. The summed E-state index contributed by atoms with van der Waals surface area (Å²) < 4.78 is 0. The molecule has 0 atom stereocenters. The molecule has 2 amide bonds. The first-order chi connectivity index (χ1) is 11.9. The standard InChI is InChI=1S/C17H16N4O4/c1-11(14-4-3-5-16(10-14)21(24)25)19-20-17(23)13-6-8-15(9-7-13)18-12(2)22/h3-10H,1-2H3,(H,18,22)(H,20,23)/b19-11+. The minimum absolute atomic E-state index is 0.0491. The molecule has 0 radical (unpaired) electrons. The number of nitrogens with one attached hydrogen (secondary N) is 2. The van der Waals surface area contributed by atoms with Gasteiger partial charge in [-0.1, -0.05) is 12.1 Å². The van der Waals surface area contributed by atoms with Crippen molar-refractivity contribution in [3.05, 3.63) is 69.8 Å². The number of anilines is 1. The third-order valence-electron chi connectivity index (χ3n) is 3.27. The van der Waals surface area contributed by atoms with Crippen LogP contribution in [0, 0.1) is 10.1 Å². The van der Waals surface area contributed by atoms with Gasteiger partial charge in [-0.2, -0.15) is 5.10 Å². The van der Waals surface area contributed by atoms with Crippen LogP contribution in [0.2, 0.25) is 0 Å². The molecule has 0 fully saturated rings. The van der Waals surface area contributed by atoms with Gasteiger partial charge in [0.05, 0.1) is 10.6 Å². The largest absolute Gasteiger partial charge is 0.326 e. The Balaban J connectivity index is 2.07. The molecular formula is C17H16N4O4. The molecule has 2 aromatic rings. The number of non-ortho nitro benzene ring substituents is 1. The number of benzene rings is 2. The second kappa shape index (κ2) is 7.82. The molecule has 0 saturated carbocycles. The molecule has 128 valence electrons. The van der Waals surface area contributed by atoms with Crippen LogP contribution in [0.15, 0.2) is 53.6 Å². The van der Waals surface area contributed by atoms with Gasteiger partial charge >= 0.3 is 0 Å². The van der Waals surface area contributed by atoms with Crippen molar-refractivity contribution >= 4 is 28.9 Å². The normalized spacial score (nSPS) is 10.9. The molecule has 0 heterocycles. The number of nitro benzene ring substituents is 1. The summed E-state index contributed by atoms with van der Waals surface area (Å²) in [5, 5.41) is 17.4. The lowest BCUT2D eigenvalue weighted by molar-refractivity contribution is -0.384. The van der Waals surface area contributed by atoms with Crippen LogP contribution in [-0.4, -0.2) is 22.4 Å². The number of nitro groups is 1. The van der Waals surface area contributed by atoms with Crippen molar-refractivity contribution in [3.63, 3.8) is 0 Å². The summed E-state index contributed by atoms with van der Waals surface area (Å²) in [7, 11) is 0. The van der Waals surface area contributed by atoms with Crippen LogP contribution >= 0.6 is 0 Å². The smallest absolute Gasteiger partial charge is 0.271 e. The Hall–Kier alpha value is -3.55. The zero-order valence-electron chi connectivity index (χ0n) is 13.6. The van der Waals surface area contributed by atoms with Gasteiger partial charge in [-0.15, -0.1) is 0 Å². The van der Waals surface area contributed by atoms with E-state index < -0.39 is 10.8 Å². The minimum atomic E-state index is -0.494. The first kappa shape index (κ1) is 17.8. The topological polar surface area (TPSA) is 114 Å². The van der Waals surface area contributed by atoms with Crippen molar-refractivity contribution in [1.82, 2.24) is 5.43 Å². The molecule has 8 heteroatoms. The Morgan fingerprint density at radius 2 is 1.72 bits per heavy atom. The maximum absolute atomic E-state index is 12.1. The van der Waals surface area contributed by atoms with Gasteiger partial charge < -0.3 is 5.32 Å². The maximum atomic E-state index is 12.1. The van der Waals surface area contributed by atoms with E-state index >= 15 is 0 Å². The molecular weight excluding hydrogens is 324 g/mol. The molecule has 0 aliphatic rings. The van der Waals surface area contributed by atoms with Gasteiger partial charge in [0, 0.05) is 35.9 Å². The van der Waals surface area contributed by atoms with E-state index in [2.05, 4.69) is 15.8 Å². The Labute approximate surface area is 143 Å². The fraction of sp³-hybridized carbons (Fsp3) is 0.118. The molecule has 2 aromatic carbocycles. The van der Waals surface area contributed by atoms with Crippen LogP contribution in [0.4, 0.5) is 11.4 Å². The molecule has 2 rings (SSSR count). The second-order valence-electron chi connectivity index (χ2n) is 5.20. The molecule has 0 aliphatic carbocycles. The quantitative estimate of drug-likeness (QED) is 0.495. The zero-order valence-corrected chi connectivity index (χ0v) is 13.6. The van der Waals surface area contributed by atoms with Gasteiger partial charge in [-0.3, -0.25) is 19.7 Å². The Morgan fingerprint density at radius 1 is 1.04 bits per heavy atom. The van der Waals surface area contributed by atoms with E-state index in [1.807, 2.05) is 0 Å². The van der Waals surface area contributed by atoms with E-state index in [9.17, 15) is 19.7 Å². The summed E-state index contributed by atoms with van der Waals surface area (Å²) in [6.45, 7) is 3.03. The predicted octanol–water partition coefficient (Wildman–Crippen LogP) is 2.71. The lowest BCUT2D eigenvalue weighted by Gasteiger charge is -2.05. The highest BCUT2D eigenvalue weighted by Crippen LogP contribution is 2.14. The number of hydrogen-bond acceptors (Lipinski definition) is 5. The van der Waals surface area contributed by atoms with Crippen LogP contribution in [0.25, 0.3) is 0 Å². The van der Waals surface area contributed by atoms with Crippen molar-refractivity contribution < 1.29 is 14.5 Å². The van der Waals surface area contributed by atoms with Crippen molar-refractivity contribution in [2.45, 2.75) is 13.8 Å². The first-order valence-corrected chi connectivity index (χ1v) is 7.34. The Bertz CT molecular complexity index is 844. The third-order valence-corrected chi connectivity index (χ3v) is 3.27. The number of amides is 2. The number of hydrogen-bond donors (Lipinski definition) is 2. The van der Waals surface area contributed by atoms with Gasteiger partial charge in [0.15, 0.2) is 0 Å². The van der Waals surface area contributed by atoms with Crippen molar-refractivity contribution in [3.8, 4) is 0 Å². The van der Waals surface area contributed by atoms with Gasteiger partial charge in [-0.25, -0.2) is 5.43 Å². The zero-order chi connectivity index (χ0) is 18.4. The predicted molar refractivity (Wildman–Crippen MR) is 93.5 cm³/mol. The first-order valence-electron chi connectivity index (χ1n) is 7.34. The van der Waals surface area contributed by atoms with Crippen molar-refractivity contribution in [2.24, 2.45) is 5.10 Å². The van der Waals surface area contributed by atoms with E-state index in [0.717, 1.165) is 0 Å². The SMILES string of the molecule is CC(=O)Nc1ccc(C(=O)N/N=C(\C)c2cccc([N+](=O)[O-])c2)cc1. The maximum Gasteiger partial charge on any atom is 0.271 e.